The lowest BCUT2D eigenvalue weighted by Gasteiger charge is -2.33. The Morgan fingerprint density at radius 2 is 2.11 bits per heavy atom. The summed E-state index contributed by atoms with van der Waals surface area (Å²) in [5.74, 6) is -0.857. The Hall–Kier alpha value is -2.29. The molecule has 1 N–H and O–H groups in total. The van der Waals surface area contributed by atoms with Crippen LogP contribution in [0.2, 0.25) is 0 Å². The molecule has 0 saturated carbocycles. The van der Waals surface area contributed by atoms with Crippen molar-refractivity contribution in [1.29, 1.82) is 0 Å². The first-order chi connectivity index (χ1) is 12.7. The molecule has 1 aromatic carbocycles. The number of anilines is 1. The smallest absolute Gasteiger partial charge is 0.406 e. The molecule has 0 amide bonds. The maximum absolute atomic E-state index is 14.3. The SMILES string of the molecule is COC(=O)c1cc2c(N[C@H]3CCN(C)C[C@@H]3F)cccc2n1CC(F)(F)F. The van der Waals surface area contributed by atoms with Gasteiger partial charge in [0.1, 0.15) is 18.4 Å². The molecule has 0 spiro atoms. The first kappa shape index (κ1) is 19.5. The fourth-order valence-electron chi connectivity index (χ4n) is 3.45. The van der Waals surface area contributed by atoms with Gasteiger partial charge in [0.25, 0.3) is 0 Å². The van der Waals surface area contributed by atoms with E-state index in [1.807, 2.05) is 11.9 Å². The summed E-state index contributed by atoms with van der Waals surface area (Å²) in [6, 6.07) is 5.67. The molecule has 148 valence electrons. The van der Waals surface area contributed by atoms with Crippen LogP contribution in [0.5, 0.6) is 0 Å². The third-order valence-electron chi connectivity index (χ3n) is 4.76. The molecule has 2 atom stereocenters. The predicted molar refractivity (Wildman–Crippen MR) is 93.8 cm³/mol. The second-order valence-electron chi connectivity index (χ2n) is 6.78. The number of fused-ring (bicyclic) bond motifs is 1. The number of benzene rings is 1. The van der Waals surface area contributed by atoms with E-state index in [0.717, 1.165) is 18.2 Å². The molecule has 27 heavy (non-hydrogen) atoms. The first-order valence-corrected chi connectivity index (χ1v) is 8.56. The number of alkyl halides is 4. The van der Waals surface area contributed by atoms with Crippen molar-refractivity contribution in [1.82, 2.24) is 9.47 Å². The van der Waals surface area contributed by atoms with Crippen molar-refractivity contribution in [3.05, 3.63) is 30.0 Å². The first-order valence-electron chi connectivity index (χ1n) is 8.56. The van der Waals surface area contributed by atoms with E-state index in [9.17, 15) is 22.4 Å². The molecular weight excluding hydrogens is 366 g/mol. The molecule has 1 saturated heterocycles. The van der Waals surface area contributed by atoms with Gasteiger partial charge < -0.3 is 19.5 Å². The summed E-state index contributed by atoms with van der Waals surface area (Å²) in [4.78, 5) is 13.9. The number of hydrogen-bond acceptors (Lipinski definition) is 4. The highest BCUT2D eigenvalue weighted by molar-refractivity contribution is 6.00. The van der Waals surface area contributed by atoms with Crippen LogP contribution in [0.4, 0.5) is 23.2 Å². The van der Waals surface area contributed by atoms with Crippen LogP contribution in [-0.4, -0.2) is 61.1 Å². The molecule has 1 aliphatic heterocycles. The van der Waals surface area contributed by atoms with Gasteiger partial charge in [0.05, 0.1) is 18.7 Å². The number of rotatable bonds is 4. The van der Waals surface area contributed by atoms with E-state index in [-0.39, 0.29) is 17.8 Å². The summed E-state index contributed by atoms with van der Waals surface area (Å²) in [6.07, 6.45) is -5.03. The fraction of sp³-hybridized carbons (Fsp3) is 0.500. The van der Waals surface area contributed by atoms with E-state index in [2.05, 4.69) is 10.1 Å². The van der Waals surface area contributed by atoms with Gasteiger partial charge in [-0.25, -0.2) is 9.18 Å². The van der Waals surface area contributed by atoms with Gasteiger partial charge in [-0.15, -0.1) is 0 Å². The van der Waals surface area contributed by atoms with Gasteiger partial charge in [0.15, 0.2) is 0 Å². The summed E-state index contributed by atoms with van der Waals surface area (Å²) in [7, 11) is 2.95. The Bertz CT molecular complexity index is 834. The maximum atomic E-state index is 14.3. The number of methoxy groups -OCH3 is 1. The Morgan fingerprint density at radius 3 is 2.74 bits per heavy atom. The quantitative estimate of drug-likeness (QED) is 0.645. The van der Waals surface area contributed by atoms with Crippen molar-refractivity contribution < 1.29 is 27.1 Å². The number of ether oxygens (including phenoxy) is 1. The normalized spacial score (nSPS) is 21.4. The lowest BCUT2D eigenvalue weighted by Crippen LogP contribution is -2.46. The molecule has 0 bridgehead atoms. The van der Waals surface area contributed by atoms with E-state index >= 15 is 0 Å². The summed E-state index contributed by atoms with van der Waals surface area (Å²) < 4.78 is 58.9. The van der Waals surface area contributed by atoms with Crippen LogP contribution in [0.25, 0.3) is 10.9 Å². The minimum Gasteiger partial charge on any atom is -0.464 e. The van der Waals surface area contributed by atoms with Crippen LogP contribution >= 0.6 is 0 Å². The van der Waals surface area contributed by atoms with Crippen molar-refractivity contribution >= 4 is 22.6 Å². The second-order valence-corrected chi connectivity index (χ2v) is 6.78. The largest absolute Gasteiger partial charge is 0.464 e. The van der Waals surface area contributed by atoms with Gasteiger partial charge in [-0.3, -0.25) is 0 Å². The van der Waals surface area contributed by atoms with Crippen LogP contribution in [0.1, 0.15) is 16.9 Å². The van der Waals surface area contributed by atoms with E-state index < -0.39 is 30.9 Å². The number of nitrogens with one attached hydrogen (secondary N) is 1. The number of carbonyl (C=O) groups excluding carboxylic acids is 1. The van der Waals surface area contributed by atoms with Crippen molar-refractivity contribution in [3.63, 3.8) is 0 Å². The zero-order valence-corrected chi connectivity index (χ0v) is 15.0. The highest BCUT2D eigenvalue weighted by Crippen LogP contribution is 2.32. The molecule has 2 heterocycles. The van der Waals surface area contributed by atoms with E-state index in [4.69, 9.17) is 0 Å². The molecule has 5 nitrogen and oxygen atoms in total. The van der Waals surface area contributed by atoms with Crippen LogP contribution in [-0.2, 0) is 11.3 Å². The van der Waals surface area contributed by atoms with Crippen molar-refractivity contribution in [2.45, 2.75) is 31.4 Å². The number of piperidine rings is 1. The van der Waals surface area contributed by atoms with Crippen LogP contribution in [0.3, 0.4) is 0 Å². The lowest BCUT2D eigenvalue weighted by molar-refractivity contribution is -0.140. The van der Waals surface area contributed by atoms with E-state index in [0.29, 0.717) is 17.5 Å². The van der Waals surface area contributed by atoms with Gasteiger partial charge in [0, 0.05) is 24.2 Å². The minimum absolute atomic E-state index is 0.195. The van der Waals surface area contributed by atoms with Gasteiger partial charge in [-0.1, -0.05) is 6.07 Å². The van der Waals surface area contributed by atoms with Crippen molar-refractivity contribution in [2.24, 2.45) is 0 Å². The molecule has 0 radical (unpaired) electrons. The Morgan fingerprint density at radius 1 is 1.37 bits per heavy atom. The average Bonchev–Trinajstić information content (AvgIpc) is 2.94. The summed E-state index contributed by atoms with van der Waals surface area (Å²) in [6.45, 7) is -0.308. The van der Waals surface area contributed by atoms with Crippen LogP contribution < -0.4 is 5.32 Å². The zero-order valence-electron chi connectivity index (χ0n) is 15.0. The second kappa shape index (κ2) is 7.38. The number of halogens is 4. The van der Waals surface area contributed by atoms with Gasteiger partial charge >= 0.3 is 12.1 Å². The van der Waals surface area contributed by atoms with Crippen LogP contribution in [0.15, 0.2) is 24.3 Å². The van der Waals surface area contributed by atoms with Crippen molar-refractivity contribution in [3.8, 4) is 0 Å². The van der Waals surface area contributed by atoms with E-state index in [1.54, 1.807) is 12.1 Å². The summed E-state index contributed by atoms with van der Waals surface area (Å²) in [5.41, 5.74) is 0.538. The molecule has 0 aliphatic carbocycles. The zero-order chi connectivity index (χ0) is 19.8. The third kappa shape index (κ3) is 4.18. The fourth-order valence-corrected chi connectivity index (χ4v) is 3.45. The number of aromatic nitrogens is 1. The molecule has 2 aromatic rings. The molecule has 1 aromatic heterocycles. The minimum atomic E-state index is -4.50. The highest BCUT2D eigenvalue weighted by Gasteiger charge is 2.32. The number of nitrogens with zero attached hydrogens (tertiary/aromatic N) is 2. The van der Waals surface area contributed by atoms with Crippen molar-refractivity contribution in [2.75, 3.05) is 32.6 Å². The maximum Gasteiger partial charge on any atom is 0.406 e. The highest BCUT2D eigenvalue weighted by atomic mass is 19.4. The van der Waals surface area contributed by atoms with Gasteiger partial charge in [-0.05, 0) is 31.7 Å². The van der Waals surface area contributed by atoms with Gasteiger partial charge in [-0.2, -0.15) is 13.2 Å². The average molecular weight is 387 g/mol. The molecule has 9 heteroatoms. The molecular formula is C18H21F4N3O2. The molecule has 1 aliphatic rings. The monoisotopic (exact) mass is 387 g/mol. The summed E-state index contributed by atoms with van der Waals surface area (Å²) >= 11 is 0. The molecule has 0 unspecified atom stereocenters. The predicted octanol–water partition coefficient (Wildman–Crippen LogP) is 3.44. The third-order valence-corrected chi connectivity index (χ3v) is 4.76. The number of esters is 1. The standard InChI is InChI=1S/C18H21F4N3O2/c1-24-7-6-14(12(19)9-24)23-13-4-3-5-15-11(13)8-16(17(26)27-2)25(15)10-18(20,21)22/h3-5,8,12,14,23H,6-7,9-10H2,1-2H3/t12-,14-/m0/s1. The number of likely N-dealkylation sites (tertiary alicyclic amines) is 1. The molecule has 1 fully saturated rings. The number of carbonyl (C=O) groups is 1. The lowest BCUT2D eigenvalue weighted by atomic mass is 10.0. The Labute approximate surface area is 153 Å². The Balaban J connectivity index is 2.01. The topological polar surface area (TPSA) is 46.5 Å². The number of hydrogen-bond donors (Lipinski definition) is 1. The Kier molecular flexibility index (Phi) is 5.32. The molecule has 3 rings (SSSR count). The van der Waals surface area contributed by atoms with Crippen LogP contribution in [0, 0.1) is 0 Å². The van der Waals surface area contributed by atoms with E-state index in [1.165, 1.54) is 12.1 Å². The van der Waals surface area contributed by atoms with Gasteiger partial charge in [0.2, 0.25) is 0 Å². The summed E-state index contributed by atoms with van der Waals surface area (Å²) in [5, 5.41) is 3.53.